The summed E-state index contributed by atoms with van der Waals surface area (Å²) in [5, 5.41) is 3.52. The topological polar surface area (TPSA) is 21.3 Å². The molecule has 2 rings (SSSR count). The van der Waals surface area contributed by atoms with Crippen LogP contribution in [0.25, 0.3) is 0 Å². The summed E-state index contributed by atoms with van der Waals surface area (Å²) in [6.07, 6.45) is 2.23. The number of nitrogens with one attached hydrogen (secondary N) is 1. The summed E-state index contributed by atoms with van der Waals surface area (Å²) in [5.74, 6) is 0. The molecule has 1 aliphatic rings. The fraction of sp³-hybridized carbons (Fsp3) is 0.455. The van der Waals surface area contributed by atoms with Crippen molar-refractivity contribution in [1.29, 1.82) is 0 Å². The van der Waals surface area contributed by atoms with E-state index in [0.29, 0.717) is 6.04 Å². The second kappa shape index (κ2) is 4.98. The van der Waals surface area contributed by atoms with Gasteiger partial charge in [0.25, 0.3) is 0 Å². The van der Waals surface area contributed by atoms with Crippen molar-refractivity contribution in [1.82, 2.24) is 0 Å². The van der Waals surface area contributed by atoms with Crippen molar-refractivity contribution in [3.05, 3.63) is 27.8 Å². The molecule has 2 nitrogen and oxygen atoms in total. The third-order valence-electron chi connectivity index (χ3n) is 2.44. The molecule has 14 heavy (non-hydrogen) atoms. The summed E-state index contributed by atoms with van der Waals surface area (Å²) in [7, 11) is 0. The Labute approximate surface area is 98.2 Å². The van der Waals surface area contributed by atoms with E-state index in [9.17, 15) is 0 Å². The summed E-state index contributed by atoms with van der Waals surface area (Å²) < 4.78 is 6.59. The number of halogens is 1. The van der Waals surface area contributed by atoms with Crippen LogP contribution in [-0.2, 0) is 4.74 Å². The lowest BCUT2D eigenvalue weighted by atomic mass is 10.1. The molecule has 1 N–H and O–H groups in total. The zero-order chi connectivity index (χ0) is 9.80. The highest BCUT2D eigenvalue weighted by molar-refractivity contribution is 14.1. The van der Waals surface area contributed by atoms with Crippen molar-refractivity contribution in [2.45, 2.75) is 18.9 Å². The first-order chi connectivity index (χ1) is 6.84. The van der Waals surface area contributed by atoms with Crippen molar-refractivity contribution >= 4 is 28.3 Å². The highest BCUT2D eigenvalue weighted by Crippen LogP contribution is 2.16. The Morgan fingerprint density at radius 3 is 2.43 bits per heavy atom. The molecule has 1 aromatic carbocycles. The van der Waals surface area contributed by atoms with Gasteiger partial charge < -0.3 is 10.1 Å². The molecule has 0 radical (unpaired) electrons. The van der Waals surface area contributed by atoms with Crippen LogP contribution in [0.5, 0.6) is 0 Å². The van der Waals surface area contributed by atoms with E-state index in [1.54, 1.807) is 0 Å². The van der Waals surface area contributed by atoms with Gasteiger partial charge in [0, 0.05) is 28.5 Å². The molecule has 0 saturated carbocycles. The maximum atomic E-state index is 5.32. The summed E-state index contributed by atoms with van der Waals surface area (Å²) in [5.41, 5.74) is 1.22. The van der Waals surface area contributed by atoms with Crippen molar-refractivity contribution < 1.29 is 4.74 Å². The summed E-state index contributed by atoms with van der Waals surface area (Å²) in [4.78, 5) is 0. The third-order valence-corrected chi connectivity index (χ3v) is 3.16. The molecule has 1 fully saturated rings. The molecular formula is C11H14INO. The van der Waals surface area contributed by atoms with Crippen LogP contribution in [0.2, 0.25) is 0 Å². The minimum atomic E-state index is 0.587. The van der Waals surface area contributed by atoms with Crippen LogP contribution < -0.4 is 5.32 Å². The fourth-order valence-corrected chi connectivity index (χ4v) is 1.98. The molecule has 1 saturated heterocycles. The second-order valence-corrected chi connectivity index (χ2v) is 4.78. The van der Waals surface area contributed by atoms with Crippen LogP contribution in [0.1, 0.15) is 12.8 Å². The molecule has 1 heterocycles. The van der Waals surface area contributed by atoms with Crippen molar-refractivity contribution in [3.8, 4) is 0 Å². The number of hydrogen-bond acceptors (Lipinski definition) is 2. The zero-order valence-corrected chi connectivity index (χ0v) is 10.2. The molecule has 0 atom stereocenters. The molecule has 1 aliphatic heterocycles. The van der Waals surface area contributed by atoms with E-state index >= 15 is 0 Å². The smallest absolute Gasteiger partial charge is 0.0485 e. The quantitative estimate of drug-likeness (QED) is 0.848. The lowest BCUT2D eigenvalue weighted by Gasteiger charge is -2.24. The predicted octanol–water partition coefficient (Wildman–Crippen LogP) is 2.88. The average molecular weight is 303 g/mol. The van der Waals surface area contributed by atoms with Gasteiger partial charge in [0.2, 0.25) is 0 Å². The maximum absolute atomic E-state index is 5.32. The van der Waals surface area contributed by atoms with E-state index in [-0.39, 0.29) is 0 Å². The lowest BCUT2D eigenvalue weighted by Crippen LogP contribution is -2.27. The standard InChI is InChI=1S/C11H14INO/c12-9-1-3-10(4-2-9)13-11-5-7-14-8-6-11/h1-4,11,13H,5-8H2. The molecule has 0 aliphatic carbocycles. The first-order valence-electron chi connectivity index (χ1n) is 4.94. The van der Waals surface area contributed by atoms with Gasteiger partial charge in [-0.3, -0.25) is 0 Å². The highest BCUT2D eigenvalue weighted by atomic mass is 127. The van der Waals surface area contributed by atoms with E-state index in [1.807, 2.05) is 0 Å². The van der Waals surface area contributed by atoms with E-state index in [0.717, 1.165) is 26.1 Å². The van der Waals surface area contributed by atoms with Crippen LogP contribution in [0, 0.1) is 3.57 Å². The third kappa shape index (κ3) is 2.85. The SMILES string of the molecule is Ic1ccc(NC2CCOCC2)cc1. The summed E-state index contributed by atoms with van der Waals surface area (Å²) in [6.45, 7) is 1.78. The van der Waals surface area contributed by atoms with Gasteiger partial charge in [-0.25, -0.2) is 0 Å². The lowest BCUT2D eigenvalue weighted by molar-refractivity contribution is 0.0904. The minimum Gasteiger partial charge on any atom is -0.382 e. The molecule has 0 aromatic heterocycles. The Morgan fingerprint density at radius 2 is 1.79 bits per heavy atom. The minimum absolute atomic E-state index is 0.587. The first kappa shape index (κ1) is 10.2. The van der Waals surface area contributed by atoms with Crippen LogP contribution >= 0.6 is 22.6 Å². The van der Waals surface area contributed by atoms with Gasteiger partial charge in [0.15, 0.2) is 0 Å². The van der Waals surface area contributed by atoms with Gasteiger partial charge in [0.1, 0.15) is 0 Å². The van der Waals surface area contributed by atoms with Gasteiger partial charge in [-0.2, -0.15) is 0 Å². The van der Waals surface area contributed by atoms with Crippen molar-refractivity contribution in [2.24, 2.45) is 0 Å². The van der Waals surface area contributed by atoms with E-state index in [4.69, 9.17) is 4.74 Å². The van der Waals surface area contributed by atoms with Gasteiger partial charge in [-0.15, -0.1) is 0 Å². The summed E-state index contributed by atoms with van der Waals surface area (Å²) >= 11 is 2.32. The molecule has 0 unspecified atom stereocenters. The largest absolute Gasteiger partial charge is 0.382 e. The molecular weight excluding hydrogens is 289 g/mol. The number of anilines is 1. The second-order valence-electron chi connectivity index (χ2n) is 3.54. The molecule has 0 spiro atoms. The molecule has 3 heteroatoms. The number of benzene rings is 1. The van der Waals surface area contributed by atoms with Crippen molar-refractivity contribution in [3.63, 3.8) is 0 Å². The zero-order valence-electron chi connectivity index (χ0n) is 8.00. The first-order valence-corrected chi connectivity index (χ1v) is 6.02. The Morgan fingerprint density at radius 1 is 1.14 bits per heavy atom. The van der Waals surface area contributed by atoms with E-state index in [1.165, 1.54) is 9.26 Å². The van der Waals surface area contributed by atoms with Gasteiger partial charge in [-0.1, -0.05) is 0 Å². The van der Waals surface area contributed by atoms with Crippen LogP contribution in [0.4, 0.5) is 5.69 Å². The van der Waals surface area contributed by atoms with Gasteiger partial charge in [-0.05, 0) is 59.7 Å². The Kier molecular flexibility index (Phi) is 3.64. The van der Waals surface area contributed by atoms with E-state index in [2.05, 4.69) is 52.2 Å². The van der Waals surface area contributed by atoms with Crippen LogP contribution in [0.3, 0.4) is 0 Å². The van der Waals surface area contributed by atoms with Crippen molar-refractivity contribution in [2.75, 3.05) is 18.5 Å². The molecule has 76 valence electrons. The summed E-state index contributed by atoms with van der Waals surface area (Å²) in [6, 6.07) is 9.11. The average Bonchev–Trinajstić information content (AvgIpc) is 2.23. The molecule has 0 amide bonds. The van der Waals surface area contributed by atoms with Gasteiger partial charge in [0.05, 0.1) is 0 Å². The maximum Gasteiger partial charge on any atom is 0.0485 e. The number of hydrogen-bond donors (Lipinski definition) is 1. The Hall–Kier alpha value is -0.290. The number of ether oxygens (including phenoxy) is 1. The molecule has 1 aromatic rings. The van der Waals surface area contributed by atoms with Crippen LogP contribution in [0.15, 0.2) is 24.3 Å². The Bertz CT molecular complexity index is 280. The highest BCUT2D eigenvalue weighted by Gasteiger charge is 2.12. The predicted molar refractivity (Wildman–Crippen MR) is 66.6 cm³/mol. The Balaban J connectivity index is 1.92. The van der Waals surface area contributed by atoms with Gasteiger partial charge >= 0.3 is 0 Å². The fourth-order valence-electron chi connectivity index (χ4n) is 1.62. The number of rotatable bonds is 2. The van der Waals surface area contributed by atoms with Crippen LogP contribution in [-0.4, -0.2) is 19.3 Å². The normalized spacial score (nSPS) is 18.1. The monoisotopic (exact) mass is 303 g/mol. The van der Waals surface area contributed by atoms with E-state index < -0.39 is 0 Å². The molecule has 0 bridgehead atoms.